The Labute approximate surface area is 302 Å². The number of aliphatic hydroxyl groups excluding tert-OH is 1. The molecule has 51 heavy (non-hydrogen) atoms. The van der Waals surface area contributed by atoms with Crippen LogP contribution in [-0.2, 0) is 39.4 Å². The molecule has 0 unspecified atom stereocenters. The molecule has 4 heterocycles. The van der Waals surface area contributed by atoms with Crippen LogP contribution in [0.2, 0.25) is 23.7 Å². The molecule has 7 rings (SSSR count). The highest BCUT2D eigenvalue weighted by Crippen LogP contribution is 2.60. The van der Waals surface area contributed by atoms with Gasteiger partial charge in [-0.3, -0.25) is 19.0 Å². The summed E-state index contributed by atoms with van der Waals surface area (Å²) in [5.74, 6) is -0.768. The average molecular weight is 728 g/mol. The molecule has 4 aromatic rings. The van der Waals surface area contributed by atoms with Gasteiger partial charge in [-0.1, -0.05) is 54.9 Å². The predicted octanol–water partition coefficient (Wildman–Crippen LogP) is 5.18. The lowest BCUT2D eigenvalue weighted by Gasteiger charge is -2.37. The van der Waals surface area contributed by atoms with Crippen molar-refractivity contribution in [2.24, 2.45) is 5.92 Å². The Bertz CT molecular complexity index is 2060. The molecule has 0 aliphatic carbocycles. The first-order valence-electron chi connectivity index (χ1n) is 17.2. The standard InChI is InChI=1S/C39H42ClN3O7Si/c1-24-36(51(3,4)48)34(20-35(45)42-22-27-11-6-5-10-26(27)18-30(42)23-44)50-39(24)31-19-28(40)14-15-32(31)43(38(39)47)21-25-9-7-12-29(17-25)41-16-8-13-33(49-2)37(41)46/h5-17,19,24,30,34,36,44,48H,18,20-23H2,1-4H3/t24-,30-,34+,36-,39+/m0/s1. The van der Waals surface area contributed by atoms with Crippen LogP contribution in [0, 0.1) is 5.92 Å². The predicted molar refractivity (Wildman–Crippen MR) is 197 cm³/mol. The maximum absolute atomic E-state index is 14.9. The summed E-state index contributed by atoms with van der Waals surface area (Å²) >= 11 is 6.59. The Balaban J connectivity index is 1.23. The summed E-state index contributed by atoms with van der Waals surface area (Å²) < 4.78 is 13.6. The lowest BCUT2D eigenvalue weighted by molar-refractivity contribution is -0.151. The zero-order valence-corrected chi connectivity index (χ0v) is 30.8. The Morgan fingerprint density at radius 1 is 1.04 bits per heavy atom. The first-order valence-corrected chi connectivity index (χ1v) is 20.6. The van der Waals surface area contributed by atoms with Gasteiger partial charge in [-0.2, -0.15) is 0 Å². The molecule has 1 aromatic heterocycles. The third-order valence-electron chi connectivity index (χ3n) is 10.9. The van der Waals surface area contributed by atoms with E-state index in [1.807, 2.05) is 74.6 Å². The number of halogens is 1. The van der Waals surface area contributed by atoms with Crippen molar-refractivity contribution in [3.8, 4) is 11.4 Å². The van der Waals surface area contributed by atoms with Gasteiger partial charge >= 0.3 is 0 Å². The Morgan fingerprint density at radius 2 is 1.80 bits per heavy atom. The number of benzene rings is 3. The highest BCUT2D eigenvalue weighted by Gasteiger charge is 2.66. The molecule has 2 amide bonds. The molecular weight excluding hydrogens is 686 g/mol. The van der Waals surface area contributed by atoms with Crippen molar-refractivity contribution in [2.75, 3.05) is 18.6 Å². The number of aromatic nitrogens is 1. The van der Waals surface area contributed by atoms with Crippen molar-refractivity contribution in [3.63, 3.8) is 0 Å². The fourth-order valence-corrected chi connectivity index (χ4v) is 11.3. The van der Waals surface area contributed by atoms with Gasteiger partial charge in [0.15, 0.2) is 19.7 Å². The number of pyridine rings is 1. The molecule has 3 aliphatic heterocycles. The van der Waals surface area contributed by atoms with Crippen LogP contribution in [0.25, 0.3) is 5.69 Å². The molecule has 0 saturated carbocycles. The van der Waals surface area contributed by atoms with Gasteiger partial charge in [-0.25, -0.2) is 0 Å². The minimum Gasteiger partial charge on any atom is -0.491 e. The zero-order chi connectivity index (χ0) is 36.2. The molecule has 5 atom stereocenters. The number of hydrogen-bond acceptors (Lipinski definition) is 7. The van der Waals surface area contributed by atoms with Crippen LogP contribution in [0.15, 0.2) is 89.9 Å². The van der Waals surface area contributed by atoms with E-state index in [-0.39, 0.29) is 48.7 Å². The molecule has 1 saturated heterocycles. The van der Waals surface area contributed by atoms with Gasteiger partial charge in [-0.15, -0.1) is 0 Å². The van der Waals surface area contributed by atoms with Crippen LogP contribution in [-0.4, -0.2) is 65.4 Å². The number of hydrogen-bond donors (Lipinski definition) is 2. The Morgan fingerprint density at radius 3 is 2.53 bits per heavy atom. The van der Waals surface area contributed by atoms with Crippen molar-refractivity contribution in [3.05, 3.63) is 123 Å². The number of carbonyl (C=O) groups excluding carboxylic acids is 2. The highest BCUT2D eigenvalue weighted by molar-refractivity contribution is 6.71. The number of amides is 2. The summed E-state index contributed by atoms with van der Waals surface area (Å²) in [5.41, 5.74) is 2.52. The van der Waals surface area contributed by atoms with Crippen molar-refractivity contribution >= 4 is 37.4 Å². The monoisotopic (exact) mass is 727 g/mol. The quantitative estimate of drug-likeness (QED) is 0.240. The van der Waals surface area contributed by atoms with Crippen LogP contribution >= 0.6 is 11.6 Å². The van der Waals surface area contributed by atoms with E-state index >= 15 is 0 Å². The van der Waals surface area contributed by atoms with Gasteiger partial charge in [0.25, 0.3) is 11.5 Å². The molecule has 12 heteroatoms. The van der Waals surface area contributed by atoms with E-state index in [4.69, 9.17) is 21.1 Å². The molecule has 0 bridgehead atoms. The molecule has 1 fully saturated rings. The number of rotatable bonds is 8. The van der Waals surface area contributed by atoms with E-state index < -0.39 is 31.5 Å². The number of ether oxygens (including phenoxy) is 2. The van der Waals surface area contributed by atoms with Gasteiger partial charge in [-0.05, 0) is 78.7 Å². The summed E-state index contributed by atoms with van der Waals surface area (Å²) in [4.78, 5) is 57.2. The van der Waals surface area contributed by atoms with E-state index in [0.29, 0.717) is 34.9 Å². The van der Waals surface area contributed by atoms with Crippen LogP contribution in [0.5, 0.6) is 5.75 Å². The molecule has 266 valence electrons. The molecule has 3 aliphatic rings. The fraction of sp³-hybridized carbons (Fsp3) is 0.359. The maximum atomic E-state index is 14.9. The Kier molecular flexibility index (Phi) is 9.22. The third kappa shape index (κ3) is 6.00. The van der Waals surface area contributed by atoms with Gasteiger partial charge in [0.05, 0.1) is 44.5 Å². The molecular formula is C39H42ClN3O7Si. The fourth-order valence-electron chi connectivity index (χ4n) is 8.56. The van der Waals surface area contributed by atoms with Crippen LogP contribution in [0.3, 0.4) is 0 Å². The van der Waals surface area contributed by atoms with Crippen LogP contribution in [0.4, 0.5) is 5.69 Å². The summed E-state index contributed by atoms with van der Waals surface area (Å²) in [7, 11) is -1.60. The minimum absolute atomic E-state index is 0.0487. The molecule has 2 N–H and O–H groups in total. The maximum Gasteiger partial charge on any atom is 0.297 e. The second-order valence-electron chi connectivity index (χ2n) is 14.4. The second-order valence-corrected chi connectivity index (χ2v) is 18.8. The highest BCUT2D eigenvalue weighted by atomic mass is 35.5. The summed E-state index contributed by atoms with van der Waals surface area (Å²) in [6.45, 7) is 5.94. The second kappa shape index (κ2) is 13.4. The largest absolute Gasteiger partial charge is 0.491 e. The number of nitrogens with zero attached hydrogens (tertiary/aromatic N) is 3. The summed E-state index contributed by atoms with van der Waals surface area (Å²) in [5, 5.41) is 10.7. The van der Waals surface area contributed by atoms with E-state index in [1.54, 1.807) is 40.3 Å². The number of methoxy groups -OCH3 is 1. The van der Waals surface area contributed by atoms with Gasteiger partial charge in [0, 0.05) is 40.5 Å². The average Bonchev–Trinajstić information content (AvgIpc) is 3.53. The van der Waals surface area contributed by atoms with Crippen molar-refractivity contribution in [1.29, 1.82) is 0 Å². The smallest absolute Gasteiger partial charge is 0.297 e. The number of fused-ring (bicyclic) bond motifs is 3. The third-order valence-corrected chi connectivity index (χ3v) is 13.6. The summed E-state index contributed by atoms with van der Waals surface area (Å²) in [6, 6.07) is 23.6. The zero-order valence-electron chi connectivity index (χ0n) is 29.1. The first-order chi connectivity index (χ1) is 24.4. The van der Waals surface area contributed by atoms with Gasteiger partial charge in [0.1, 0.15) is 0 Å². The van der Waals surface area contributed by atoms with E-state index in [1.165, 1.54) is 11.7 Å². The molecule has 0 radical (unpaired) electrons. The molecule has 3 aromatic carbocycles. The lowest BCUT2D eigenvalue weighted by Crippen LogP contribution is -2.48. The molecule has 10 nitrogen and oxygen atoms in total. The topological polar surface area (TPSA) is 122 Å². The number of carbonyl (C=O) groups is 2. The van der Waals surface area contributed by atoms with E-state index in [9.17, 15) is 24.3 Å². The van der Waals surface area contributed by atoms with Crippen LogP contribution < -0.4 is 15.2 Å². The van der Waals surface area contributed by atoms with Crippen LogP contribution in [0.1, 0.15) is 35.6 Å². The first kappa shape index (κ1) is 35.2. The number of anilines is 1. The SMILES string of the molecule is COc1cccn(-c2cccc(CN3C(=O)[C@]4(O[C@H](CC(=O)N5Cc6ccccc6C[C@H]5CO)[C@@H]([Si](C)(C)O)[C@@H]4C)c4cc(Cl)ccc43)c2)c1=O. The van der Waals surface area contributed by atoms with Crippen molar-refractivity contribution < 1.29 is 29.0 Å². The number of aliphatic hydroxyl groups is 1. The molecule has 1 spiro atoms. The van der Waals surface area contributed by atoms with Gasteiger partial charge < -0.3 is 29.2 Å². The van der Waals surface area contributed by atoms with Gasteiger partial charge in [0.2, 0.25) is 5.91 Å². The normalized spacial score (nSPS) is 24.2. The lowest BCUT2D eigenvalue weighted by atomic mass is 9.82. The van der Waals surface area contributed by atoms with Crippen molar-refractivity contribution in [2.45, 2.75) is 69.2 Å². The van der Waals surface area contributed by atoms with Crippen molar-refractivity contribution in [1.82, 2.24) is 9.47 Å². The summed E-state index contributed by atoms with van der Waals surface area (Å²) in [6.07, 6.45) is 1.40. The minimum atomic E-state index is -3.05. The van der Waals surface area contributed by atoms with E-state index in [2.05, 4.69) is 0 Å². The Hall–Kier alpha value is -4.26. The van der Waals surface area contributed by atoms with E-state index in [0.717, 1.165) is 16.7 Å².